The predicted octanol–water partition coefficient (Wildman–Crippen LogP) is 5.48. The summed E-state index contributed by atoms with van der Waals surface area (Å²) < 4.78 is 0. The summed E-state index contributed by atoms with van der Waals surface area (Å²) in [4.78, 5) is 0. The average Bonchev–Trinajstić information content (AvgIpc) is 2.80. The number of fused-ring (bicyclic) bond motifs is 4. The van der Waals surface area contributed by atoms with Gasteiger partial charge in [0.2, 0.25) is 0 Å². The van der Waals surface area contributed by atoms with Crippen LogP contribution < -0.4 is 0 Å². The van der Waals surface area contributed by atoms with Crippen molar-refractivity contribution < 1.29 is 0 Å². The highest BCUT2D eigenvalue weighted by molar-refractivity contribution is 5.25. The summed E-state index contributed by atoms with van der Waals surface area (Å²) in [6.45, 7) is 2.62. The van der Waals surface area contributed by atoms with Gasteiger partial charge in [-0.1, -0.05) is 24.5 Å². The summed E-state index contributed by atoms with van der Waals surface area (Å²) in [5, 5.41) is 0. The van der Waals surface area contributed by atoms with Crippen molar-refractivity contribution in [1.29, 1.82) is 0 Å². The molecule has 18 heavy (non-hydrogen) atoms. The Morgan fingerprint density at radius 2 is 1.78 bits per heavy atom. The molecule has 4 rings (SSSR count). The van der Waals surface area contributed by atoms with Crippen LogP contribution in [-0.4, -0.2) is 0 Å². The Morgan fingerprint density at radius 3 is 2.72 bits per heavy atom. The van der Waals surface area contributed by atoms with Gasteiger partial charge in [0.1, 0.15) is 0 Å². The Labute approximate surface area is 112 Å². The molecule has 0 heterocycles. The number of rotatable bonds is 0. The molecule has 100 valence electrons. The molecular weight excluding hydrogens is 216 g/mol. The van der Waals surface area contributed by atoms with E-state index in [1.54, 1.807) is 12.8 Å². The summed E-state index contributed by atoms with van der Waals surface area (Å²) in [6, 6.07) is 0. The first kappa shape index (κ1) is 11.6. The molecule has 2 fully saturated rings. The molecule has 0 aromatic carbocycles. The van der Waals surface area contributed by atoms with Crippen molar-refractivity contribution >= 4 is 0 Å². The lowest BCUT2D eigenvalue weighted by Gasteiger charge is -2.50. The highest BCUT2D eigenvalue weighted by Gasteiger charge is 2.50. The van der Waals surface area contributed by atoms with E-state index < -0.39 is 0 Å². The Morgan fingerprint density at radius 1 is 0.889 bits per heavy atom. The standard InChI is InChI=1S/C18H28/c1-18-11-4-7-17(18)16-9-8-13-5-2-3-6-14(13)15(16)10-12-18/h15-17H,2-12H2,1H3/t15-,16+,17+,18+/m1/s1. The summed E-state index contributed by atoms with van der Waals surface area (Å²) in [5.41, 5.74) is 4.64. The van der Waals surface area contributed by atoms with E-state index in [0.29, 0.717) is 0 Å². The maximum atomic E-state index is 2.62. The molecule has 0 aromatic rings. The molecule has 0 aromatic heterocycles. The van der Waals surface area contributed by atoms with Crippen molar-refractivity contribution in [3.05, 3.63) is 11.1 Å². The Bertz CT molecular complexity index is 377. The summed E-state index contributed by atoms with van der Waals surface area (Å²) >= 11 is 0. The van der Waals surface area contributed by atoms with E-state index in [1.165, 1.54) is 57.8 Å². The zero-order valence-electron chi connectivity index (χ0n) is 12.0. The normalized spacial score (nSPS) is 47.5. The van der Waals surface area contributed by atoms with Gasteiger partial charge in [-0.05, 0) is 87.4 Å². The second-order valence-corrected chi connectivity index (χ2v) is 7.84. The third-order valence-corrected chi connectivity index (χ3v) is 7.07. The van der Waals surface area contributed by atoms with Gasteiger partial charge in [-0.3, -0.25) is 0 Å². The lowest BCUT2D eigenvalue weighted by atomic mass is 9.54. The van der Waals surface area contributed by atoms with Gasteiger partial charge in [-0.15, -0.1) is 0 Å². The Hall–Kier alpha value is -0.260. The first-order chi connectivity index (χ1) is 8.78. The van der Waals surface area contributed by atoms with E-state index in [9.17, 15) is 0 Å². The minimum absolute atomic E-state index is 0.744. The number of hydrogen-bond acceptors (Lipinski definition) is 0. The van der Waals surface area contributed by atoms with Crippen LogP contribution in [-0.2, 0) is 0 Å². The number of allylic oxidation sites excluding steroid dienone is 2. The maximum absolute atomic E-state index is 2.62. The van der Waals surface area contributed by atoms with Gasteiger partial charge in [0, 0.05) is 0 Å². The summed E-state index contributed by atoms with van der Waals surface area (Å²) in [5.74, 6) is 3.21. The molecule has 0 saturated heterocycles. The lowest BCUT2D eigenvalue weighted by Crippen LogP contribution is -2.41. The largest absolute Gasteiger partial charge is 0.0707 e. The van der Waals surface area contributed by atoms with E-state index >= 15 is 0 Å². The minimum Gasteiger partial charge on any atom is -0.0707 e. The van der Waals surface area contributed by atoms with E-state index in [4.69, 9.17) is 0 Å². The second kappa shape index (κ2) is 4.12. The minimum atomic E-state index is 0.744. The van der Waals surface area contributed by atoms with Crippen LogP contribution in [0.15, 0.2) is 11.1 Å². The van der Waals surface area contributed by atoms with Crippen molar-refractivity contribution in [2.45, 2.75) is 77.6 Å². The van der Waals surface area contributed by atoms with E-state index in [-0.39, 0.29) is 0 Å². The highest BCUT2D eigenvalue weighted by atomic mass is 14.5. The van der Waals surface area contributed by atoms with Crippen LogP contribution in [0.2, 0.25) is 0 Å². The molecule has 4 aliphatic rings. The monoisotopic (exact) mass is 244 g/mol. The van der Waals surface area contributed by atoms with Gasteiger partial charge < -0.3 is 0 Å². The molecule has 0 unspecified atom stereocenters. The molecule has 0 spiro atoms. The quantitative estimate of drug-likeness (QED) is 0.495. The lowest BCUT2D eigenvalue weighted by molar-refractivity contribution is 0.0411. The maximum Gasteiger partial charge on any atom is -0.0169 e. The van der Waals surface area contributed by atoms with Gasteiger partial charge >= 0.3 is 0 Å². The van der Waals surface area contributed by atoms with Gasteiger partial charge in [0.25, 0.3) is 0 Å². The van der Waals surface area contributed by atoms with Crippen molar-refractivity contribution in [2.75, 3.05) is 0 Å². The van der Waals surface area contributed by atoms with Crippen LogP contribution in [0.25, 0.3) is 0 Å². The first-order valence-electron chi connectivity index (χ1n) is 8.49. The summed E-state index contributed by atoms with van der Waals surface area (Å²) in [6.07, 6.45) is 16.6. The van der Waals surface area contributed by atoms with Crippen LogP contribution in [0.5, 0.6) is 0 Å². The van der Waals surface area contributed by atoms with E-state index in [1.807, 2.05) is 11.1 Å². The van der Waals surface area contributed by atoms with Crippen LogP contribution in [0.1, 0.15) is 77.6 Å². The van der Waals surface area contributed by atoms with Crippen molar-refractivity contribution in [3.63, 3.8) is 0 Å². The molecule has 0 amide bonds. The predicted molar refractivity (Wildman–Crippen MR) is 76.4 cm³/mol. The summed E-state index contributed by atoms with van der Waals surface area (Å²) in [7, 11) is 0. The van der Waals surface area contributed by atoms with Crippen LogP contribution in [0.4, 0.5) is 0 Å². The molecule has 0 N–H and O–H groups in total. The highest BCUT2D eigenvalue weighted by Crippen LogP contribution is 2.61. The molecule has 0 nitrogen and oxygen atoms in total. The van der Waals surface area contributed by atoms with Crippen LogP contribution in [0, 0.1) is 23.2 Å². The SMILES string of the molecule is C[C@@]12CCC[C@H]1[C@H]1CCC3=C(CCCC3)[C@H]1CC2. The molecule has 0 radical (unpaired) electrons. The molecule has 2 saturated carbocycles. The fraction of sp³-hybridized carbons (Fsp3) is 0.889. The average molecular weight is 244 g/mol. The smallest absolute Gasteiger partial charge is 0.0169 e. The molecule has 0 aliphatic heterocycles. The van der Waals surface area contributed by atoms with Crippen molar-refractivity contribution in [3.8, 4) is 0 Å². The molecule has 0 bridgehead atoms. The first-order valence-corrected chi connectivity index (χ1v) is 8.49. The Balaban J connectivity index is 1.66. The zero-order valence-corrected chi connectivity index (χ0v) is 12.0. The van der Waals surface area contributed by atoms with Gasteiger partial charge in [-0.25, -0.2) is 0 Å². The van der Waals surface area contributed by atoms with Crippen LogP contribution in [0.3, 0.4) is 0 Å². The van der Waals surface area contributed by atoms with Gasteiger partial charge in [-0.2, -0.15) is 0 Å². The Kier molecular flexibility index (Phi) is 2.64. The van der Waals surface area contributed by atoms with Crippen molar-refractivity contribution in [2.24, 2.45) is 23.2 Å². The van der Waals surface area contributed by atoms with Crippen LogP contribution >= 0.6 is 0 Å². The van der Waals surface area contributed by atoms with Crippen molar-refractivity contribution in [1.82, 2.24) is 0 Å². The third kappa shape index (κ3) is 1.57. The second-order valence-electron chi connectivity index (χ2n) is 7.84. The topological polar surface area (TPSA) is 0 Å². The third-order valence-electron chi connectivity index (χ3n) is 7.07. The molecular formula is C18H28. The molecule has 4 atom stereocenters. The van der Waals surface area contributed by atoms with Gasteiger partial charge in [0.15, 0.2) is 0 Å². The molecule has 4 aliphatic carbocycles. The van der Waals surface area contributed by atoms with E-state index in [0.717, 1.165) is 23.2 Å². The number of hydrogen-bond donors (Lipinski definition) is 0. The van der Waals surface area contributed by atoms with Gasteiger partial charge in [0.05, 0.1) is 0 Å². The zero-order chi connectivity index (χ0) is 12.2. The fourth-order valence-corrected chi connectivity index (χ4v) is 6.18. The van der Waals surface area contributed by atoms with E-state index in [2.05, 4.69) is 6.92 Å². The molecule has 0 heteroatoms. The fourth-order valence-electron chi connectivity index (χ4n) is 6.18.